The number of nitrogens with zero attached hydrogens (tertiary/aromatic N) is 1. The lowest BCUT2D eigenvalue weighted by atomic mass is 9.89. The Balaban J connectivity index is 1.83. The van der Waals surface area contributed by atoms with Crippen LogP contribution in [0.1, 0.15) is 43.9 Å². The largest absolute Gasteiger partial charge is 0.466 e. The molecule has 0 bridgehead atoms. The fourth-order valence-electron chi connectivity index (χ4n) is 4.14. The number of rotatable bonds is 7. The van der Waals surface area contributed by atoms with E-state index >= 15 is 0 Å². The van der Waals surface area contributed by atoms with Gasteiger partial charge in [0.25, 0.3) is 0 Å². The Hall–Kier alpha value is -2.13. The Bertz CT molecular complexity index is 686. The minimum atomic E-state index is -0.119. The van der Waals surface area contributed by atoms with E-state index in [-0.39, 0.29) is 17.9 Å². The zero-order chi connectivity index (χ0) is 18.4. The number of hydrogen-bond acceptors (Lipinski definition) is 3. The summed E-state index contributed by atoms with van der Waals surface area (Å²) in [5.41, 5.74) is 2.51. The second kappa shape index (κ2) is 9.00. The molecule has 1 heterocycles. The van der Waals surface area contributed by atoms with Gasteiger partial charge in [0.1, 0.15) is 0 Å². The van der Waals surface area contributed by atoms with E-state index in [1.807, 2.05) is 25.1 Å². The number of carbonyl (C=O) groups excluding carboxylic acids is 1. The average Bonchev–Trinajstić information content (AvgIpc) is 3.16. The van der Waals surface area contributed by atoms with E-state index in [4.69, 9.17) is 4.74 Å². The van der Waals surface area contributed by atoms with Crippen molar-refractivity contribution >= 4 is 5.97 Å². The molecule has 2 aromatic carbocycles. The van der Waals surface area contributed by atoms with E-state index in [1.54, 1.807) is 0 Å². The van der Waals surface area contributed by atoms with Gasteiger partial charge in [-0.25, -0.2) is 0 Å². The third-order valence-corrected chi connectivity index (χ3v) is 5.47. The number of carbonyl (C=O) groups is 1. The van der Waals surface area contributed by atoms with Crippen molar-refractivity contribution in [1.29, 1.82) is 0 Å². The standard InChI is InChI=1S/C23H29NO2/c1-3-26-23(25)21(17-19-11-6-4-7-12-19)22-15-10-16-24(22)18(2)20-13-8-5-9-14-20/h4-9,11-14,18,21-22H,3,10,15-17H2,1-2H3/t18-,21+,22+/m0/s1. The summed E-state index contributed by atoms with van der Waals surface area (Å²) in [5, 5.41) is 0. The molecular weight excluding hydrogens is 322 g/mol. The lowest BCUT2D eigenvalue weighted by Gasteiger charge is -2.35. The number of hydrogen-bond donors (Lipinski definition) is 0. The van der Waals surface area contributed by atoms with Gasteiger partial charge in [0, 0.05) is 12.1 Å². The van der Waals surface area contributed by atoms with Crippen LogP contribution in [0.15, 0.2) is 60.7 Å². The lowest BCUT2D eigenvalue weighted by Crippen LogP contribution is -2.42. The highest BCUT2D eigenvalue weighted by Crippen LogP contribution is 2.34. The van der Waals surface area contributed by atoms with Crippen LogP contribution in [0.25, 0.3) is 0 Å². The summed E-state index contributed by atoms with van der Waals surface area (Å²) in [7, 11) is 0. The molecule has 3 nitrogen and oxygen atoms in total. The van der Waals surface area contributed by atoms with Crippen molar-refractivity contribution in [2.75, 3.05) is 13.2 Å². The van der Waals surface area contributed by atoms with E-state index in [0.29, 0.717) is 12.6 Å². The van der Waals surface area contributed by atoms with Crippen molar-refractivity contribution in [3.63, 3.8) is 0 Å². The smallest absolute Gasteiger partial charge is 0.310 e. The SMILES string of the molecule is CCOC(=O)[C@H](Cc1ccccc1)[C@H]1CCCN1[C@@H](C)c1ccccc1. The summed E-state index contributed by atoms with van der Waals surface area (Å²) < 4.78 is 5.46. The summed E-state index contributed by atoms with van der Waals surface area (Å²) in [6, 6.07) is 21.4. The zero-order valence-electron chi connectivity index (χ0n) is 15.8. The Kier molecular flexibility index (Phi) is 6.45. The summed E-state index contributed by atoms with van der Waals surface area (Å²) in [4.78, 5) is 15.3. The molecule has 0 spiro atoms. The monoisotopic (exact) mass is 351 g/mol. The molecule has 1 aliphatic rings. The summed E-state index contributed by atoms with van der Waals surface area (Å²) >= 11 is 0. The van der Waals surface area contributed by atoms with Gasteiger partial charge in [-0.15, -0.1) is 0 Å². The van der Waals surface area contributed by atoms with Crippen LogP contribution in [0.3, 0.4) is 0 Å². The Labute approximate surface area is 157 Å². The van der Waals surface area contributed by atoms with Gasteiger partial charge < -0.3 is 4.74 Å². The Morgan fingerprint density at radius 3 is 2.42 bits per heavy atom. The van der Waals surface area contributed by atoms with Crippen molar-refractivity contribution in [2.24, 2.45) is 5.92 Å². The number of esters is 1. The highest BCUT2D eigenvalue weighted by Gasteiger charge is 2.39. The first kappa shape index (κ1) is 18.7. The quantitative estimate of drug-likeness (QED) is 0.681. The van der Waals surface area contributed by atoms with Gasteiger partial charge in [-0.05, 0) is 50.8 Å². The number of ether oxygens (including phenoxy) is 1. The molecule has 2 aromatic rings. The zero-order valence-corrected chi connectivity index (χ0v) is 15.8. The van der Waals surface area contributed by atoms with Crippen molar-refractivity contribution in [1.82, 2.24) is 4.90 Å². The van der Waals surface area contributed by atoms with Crippen molar-refractivity contribution in [3.05, 3.63) is 71.8 Å². The molecule has 138 valence electrons. The molecule has 26 heavy (non-hydrogen) atoms. The van der Waals surface area contributed by atoms with Crippen LogP contribution in [0.4, 0.5) is 0 Å². The highest BCUT2D eigenvalue weighted by molar-refractivity contribution is 5.73. The number of benzene rings is 2. The molecule has 3 heteroatoms. The Morgan fingerprint density at radius 1 is 1.12 bits per heavy atom. The molecule has 3 atom stereocenters. The molecule has 3 rings (SSSR count). The van der Waals surface area contributed by atoms with E-state index in [9.17, 15) is 4.79 Å². The molecular formula is C23H29NO2. The van der Waals surface area contributed by atoms with Crippen LogP contribution in [0.5, 0.6) is 0 Å². The average molecular weight is 351 g/mol. The Morgan fingerprint density at radius 2 is 1.77 bits per heavy atom. The summed E-state index contributed by atoms with van der Waals surface area (Å²) in [6.07, 6.45) is 2.92. The highest BCUT2D eigenvalue weighted by atomic mass is 16.5. The fourth-order valence-corrected chi connectivity index (χ4v) is 4.14. The molecule has 0 N–H and O–H groups in total. The minimum absolute atomic E-state index is 0.0616. The molecule has 0 radical (unpaired) electrons. The van der Waals surface area contributed by atoms with Crippen LogP contribution in [-0.2, 0) is 16.0 Å². The molecule has 1 saturated heterocycles. The van der Waals surface area contributed by atoms with Crippen molar-refractivity contribution in [3.8, 4) is 0 Å². The topological polar surface area (TPSA) is 29.5 Å². The number of likely N-dealkylation sites (tertiary alicyclic amines) is 1. The molecule has 0 aromatic heterocycles. The van der Waals surface area contributed by atoms with Gasteiger partial charge in [0.05, 0.1) is 12.5 Å². The van der Waals surface area contributed by atoms with E-state index in [1.165, 1.54) is 11.1 Å². The van der Waals surface area contributed by atoms with E-state index < -0.39 is 0 Å². The van der Waals surface area contributed by atoms with Crippen molar-refractivity contribution < 1.29 is 9.53 Å². The maximum Gasteiger partial charge on any atom is 0.310 e. The molecule has 0 aliphatic carbocycles. The van der Waals surface area contributed by atoms with Gasteiger partial charge in [0.15, 0.2) is 0 Å². The maximum absolute atomic E-state index is 12.8. The lowest BCUT2D eigenvalue weighted by molar-refractivity contribution is -0.150. The normalized spacial score (nSPS) is 19.8. The van der Waals surface area contributed by atoms with Crippen LogP contribution < -0.4 is 0 Å². The predicted molar refractivity (Wildman–Crippen MR) is 105 cm³/mol. The summed E-state index contributed by atoms with van der Waals surface area (Å²) in [5.74, 6) is -0.181. The third kappa shape index (κ3) is 4.34. The van der Waals surface area contributed by atoms with E-state index in [0.717, 1.165) is 25.8 Å². The second-order valence-electron chi connectivity index (χ2n) is 7.08. The second-order valence-corrected chi connectivity index (χ2v) is 7.08. The van der Waals surface area contributed by atoms with Gasteiger partial charge in [-0.3, -0.25) is 9.69 Å². The van der Waals surface area contributed by atoms with E-state index in [2.05, 4.69) is 54.3 Å². The van der Waals surface area contributed by atoms with Gasteiger partial charge in [-0.2, -0.15) is 0 Å². The molecule has 1 fully saturated rings. The molecule has 0 amide bonds. The van der Waals surface area contributed by atoms with Crippen LogP contribution in [0, 0.1) is 5.92 Å². The molecule has 0 unspecified atom stereocenters. The third-order valence-electron chi connectivity index (χ3n) is 5.47. The fraction of sp³-hybridized carbons (Fsp3) is 0.435. The van der Waals surface area contributed by atoms with Gasteiger partial charge in [0.2, 0.25) is 0 Å². The first-order valence-electron chi connectivity index (χ1n) is 9.72. The van der Waals surface area contributed by atoms with Crippen LogP contribution >= 0.6 is 0 Å². The first-order chi connectivity index (χ1) is 12.7. The van der Waals surface area contributed by atoms with Crippen LogP contribution in [-0.4, -0.2) is 30.1 Å². The van der Waals surface area contributed by atoms with Crippen molar-refractivity contribution in [2.45, 2.75) is 45.2 Å². The van der Waals surface area contributed by atoms with Gasteiger partial charge >= 0.3 is 5.97 Å². The molecule has 0 saturated carbocycles. The maximum atomic E-state index is 12.8. The van der Waals surface area contributed by atoms with Crippen LogP contribution in [0.2, 0.25) is 0 Å². The predicted octanol–water partition coefficient (Wildman–Crippen LogP) is 4.63. The van der Waals surface area contributed by atoms with Gasteiger partial charge in [-0.1, -0.05) is 60.7 Å². The minimum Gasteiger partial charge on any atom is -0.466 e. The summed E-state index contributed by atoms with van der Waals surface area (Å²) in [6.45, 7) is 5.60. The molecule has 1 aliphatic heterocycles. The first-order valence-corrected chi connectivity index (χ1v) is 9.72.